The molecule has 27 heavy (non-hydrogen) atoms. The molecule has 154 valence electrons. The van der Waals surface area contributed by atoms with Crippen molar-refractivity contribution in [3.63, 3.8) is 0 Å². The first-order valence-corrected chi connectivity index (χ1v) is 8.50. The number of aromatic nitrogens is 2. The van der Waals surface area contributed by atoms with Crippen LogP contribution in [0.4, 0.5) is 0 Å². The fourth-order valence-corrected chi connectivity index (χ4v) is 3.23. The first-order chi connectivity index (χ1) is 12.7. The van der Waals surface area contributed by atoms with Crippen molar-refractivity contribution in [3.8, 4) is 0 Å². The molecule has 1 aliphatic rings. The van der Waals surface area contributed by atoms with Crippen molar-refractivity contribution in [2.75, 3.05) is 13.1 Å². The number of aryl methyl sites for hydroxylation is 1. The maximum atomic E-state index is 11.7. The topological polar surface area (TPSA) is 153 Å². The Balaban J connectivity index is 0.000000997. The van der Waals surface area contributed by atoms with E-state index in [2.05, 4.69) is 9.88 Å². The Kier molecular flexibility index (Phi) is 10.9. The Morgan fingerprint density at radius 2 is 1.93 bits per heavy atom. The quantitative estimate of drug-likeness (QED) is 0.531. The minimum atomic E-state index is -1.04. The lowest BCUT2D eigenvalue weighted by molar-refractivity contribution is -0.164. The summed E-state index contributed by atoms with van der Waals surface area (Å²) < 4.78 is 2.02. The van der Waals surface area contributed by atoms with Crippen LogP contribution in [-0.4, -0.2) is 73.0 Å². The molecule has 2 rings (SSSR count). The molecule has 10 nitrogen and oxygen atoms in total. The van der Waals surface area contributed by atoms with E-state index in [0.29, 0.717) is 32.5 Å². The van der Waals surface area contributed by atoms with E-state index in [9.17, 15) is 15.0 Å². The summed E-state index contributed by atoms with van der Waals surface area (Å²) in [5.74, 6) is 0.0582. The van der Waals surface area contributed by atoms with Crippen LogP contribution in [0, 0.1) is 12.3 Å². The van der Waals surface area contributed by atoms with Gasteiger partial charge in [-0.2, -0.15) is 0 Å². The Morgan fingerprint density at radius 1 is 1.37 bits per heavy atom. The van der Waals surface area contributed by atoms with Crippen LogP contribution < -0.4 is 0 Å². The van der Waals surface area contributed by atoms with Crippen LogP contribution in [0.15, 0.2) is 6.20 Å². The normalized spacial score (nSPS) is 21.9. The second-order valence-electron chi connectivity index (χ2n) is 6.29. The predicted molar refractivity (Wildman–Crippen MR) is 96.2 cm³/mol. The molecule has 1 aliphatic heterocycles. The molecule has 1 aromatic heterocycles. The molecule has 0 spiro atoms. The van der Waals surface area contributed by atoms with Crippen molar-refractivity contribution in [1.82, 2.24) is 14.5 Å². The van der Waals surface area contributed by atoms with Crippen LogP contribution in [0.25, 0.3) is 0 Å². The summed E-state index contributed by atoms with van der Waals surface area (Å²) >= 11 is 0. The molecule has 0 aliphatic carbocycles. The third kappa shape index (κ3) is 6.65. The molecule has 1 fully saturated rings. The van der Waals surface area contributed by atoms with E-state index in [1.54, 1.807) is 0 Å². The number of imidazole rings is 1. The van der Waals surface area contributed by atoms with E-state index in [-0.39, 0.29) is 12.9 Å². The molecule has 2 atom stereocenters. The Bertz CT molecular complexity index is 599. The van der Waals surface area contributed by atoms with Gasteiger partial charge in [-0.25, -0.2) is 4.98 Å². The van der Waals surface area contributed by atoms with E-state index in [4.69, 9.17) is 19.8 Å². The number of rotatable bonds is 5. The molecule has 0 unspecified atom stereocenters. The summed E-state index contributed by atoms with van der Waals surface area (Å²) in [6.07, 6.45) is 2.83. The molecular formula is C17H29N3O7. The minimum Gasteiger partial charge on any atom is -0.483 e. The zero-order valence-corrected chi connectivity index (χ0v) is 15.9. The van der Waals surface area contributed by atoms with E-state index in [0.717, 1.165) is 17.9 Å². The monoisotopic (exact) mass is 387 g/mol. The Morgan fingerprint density at radius 3 is 2.33 bits per heavy atom. The lowest BCUT2D eigenvalue weighted by Crippen LogP contribution is -2.55. The molecule has 1 saturated heterocycles. The minimum absolute atomic E-state index is 0.250. The van der Waals surface area contributed by atoms with E-state index in [1.807, 2.05) is 31.7 Å². The summed E-state index contributed by atoms with van der Waals surface area (Å²) in [5, 5.41) is 33.6. The number of carboxylic acid groups (broad SMARTS) is 3. The summed E-state index contributed by atoms with van der Waals surface area (Å²) in [7, 11) is 1.97. The molecule has 0 amide bonds. The fourth-order valence-electron chi connectivity index (χ4n) is 3.23. The van der Waals surface area contributed by atoms with E-state index >= 15 is 0 Å². The third-order valence-corrected chi connectivity index (χ3v) is 4.69. The van der Waals surface area contributed by atoms with Crippen LogP contribution in [0.2, 0.25) is 0 Å². The van der Waals surface area contributed by atoms with E-state index in [1.165, 1.54) is 0 Å². The first-order valence-electron chi connectivity index (χ1n) is 8.50. The highest BCUT2D eigenvalue weighted by Gasteiger charge is 2.48. The average molecular weight is 387 g/mol. The predicted octanol–water partition coefficient (Wildman–Crippen LogP) is 0.568. The zero-order valence-electron chi connectivity index (χ0n) is 15.9. The number of likely N-dealkylation sites (tertiary alicyclic amines) is 1. The van der Waals surface area contributed by atoms with E-state index < -0.39 is 17.5 Å². The number of hydrogen-bond donors (Lipinski definition) is 4. The number of nitrogens with zero attached hydrogens (tertiary/aromatic N) is 3. The van der Waals surface area contributed by atoms with Crippen LogP contribution in [-0.2, 0) is 28.0 Å². The van der Waals surface area contributed by atoms with Crippen LogP contribution in [0.3, 0.4) is 0 Å². The van der Waals surface area contributed by atoms with Gasteiger partial charge in [0.25, 0.3) is 12.9 Å². The number of carboxylic acids is 1. The Labute approximate surface area is 158 Å². The number of aliphatic hydroxyl groups excluding tert-OH is 1. The third-order valence-electron chi connectivity index (χ3n) is 4.69. The lowest BCUT2D eigenvalue weighted by Gasteiger charge is -2.43. The van der Waals surface area contributed by atoms with Crippen molar-refractivity contribution in [3.05, 3.63) is 17.7 Å². The number of aliphatic carboxylic acids is 1. The van der Waals surface area contributed by atoms with Gasteiger partial charge in [-0.3, -0.25) is 19.3 Å². The van der Waals surface area contributed by atoms with Gasteiger partial charge in [0.15, 0.2) is 0 Å². The summed E-state index contributed by atoms with van der Waals surface area (Å²) in [4.78, 5) is 34.9. The largest absolute Gasteiger partial charge is 0.483 e. The summed E-state index contributed by atoms with van der Waals surface area (Å²) in [6.45, 7) is 5.18. The number of carbonyl (C=O) groups is 3. The molecule has 4 N–H and O–H groups in total. The maximum absolute atomic E-state index is 11.7. The highest BCUT2D eigenvalue weighted by molar-refractivity contribution is 5.76. The molecule has 0 radical (unpaired) electrons. The lowest BCUT2D eigenvalue weighted by atomic mass is 9.74. The second-order valence-corrected chi connectivity index (χ2v) is 6.29. The van der Waals surface area contributed by atoms with Gasteiger partial charge in [0, 0.05) is 32.9 Å². The average Bonchev–Trinajstić information content (AvgIpc) is 2.91. The van der Waals surface area contributed by atoms with Crippen molar-refractivity contribution >= 4 is 18.9 Å². The second kappa shape index (κ2) is 12.0. The van der Waals surface area contributed by atoms with Gasteiger partial charge in [0.05, 0.1) is 11.8 Å². The van der Waals surface area contributed by atoms with Crippen LogP contribution >= 0.6 is 0 Å². The molecule has 2 heterocycles. The van der Waals surface area contributed by atoms with Crippen molar-refractivity contribution in [2.24, 2.45) is 12.5 Å². The highest BCUT2D eigenvalue weighted by atomic mass is 16.4. The number of hydrogen-bond acceptors (Lipinski definition) is 6. The number of aliphatic hydroxyl groups is 1. The van der Waals surface area contributed by atoms with Crippen molar-refractivity contribution in [2.45, 2.75) is 45.8 Å². The van der Waals surface area contributed by atoms with Gasteiger partial charge in [-0.15, -0.1) is 0 Å². The molecule has 0 aromatic carbocycles. The smallest absolute Gasteiger partial charge is 0.313 e. The maximum Gasteiger partial charge on any atom is 0.313 e. The van der Waals surface area contributed by atoms with Crippen molar-refractivity contribution in [1.29, 1.82) is 0 Å². The van der Waals surface area contributed by atoms with Gasteiger partial charge in [-0.05, 0) is 19.8 Å². The first kappa shape index (κ1) is 24.5. The zero-order chi connectivity index (χ0) is 21.0. The molecule has 10 heteroatoms. The standard InChI is InChI=1S/C15H25N3O3.2CH2O2/c1-4-6-15(14(20)21)10-18(7-5-13(15)19)9-12-8-16-11(2)17(12)3;2*2-1-3/h8,13,19H,4-7,9-10H2,1-3H3,(H,20,21);2*1H,(H,2,3)/t13-,15+;;/m0../s1. The van der Waals surface area contributed by atoms with Gasteiger partial charge in [-0.1, -0.05) is 13.3 Å². The van der Waals surface area contributed by atoms with Gasteiger partial charge in [0.2, 0.25) is 0 Å². The van der Waals surface area contributed by atoms with Gasteiger partial charge < -0.3 is 25.0 Å². The van der Waals surface area contributed by atoms with Crippen LogP contribution in [0.5, 0.6) is 0 Å². The van der Waals surface area contributed by atoms with Crippen molar-refractivity contribution < 1.29 is 34.8 Å². The SMILES string of the molecule is CCC[C@@]1(C(=O)O)CN(Cc2cnc(C)n2C)CC[C@@H]1O.O=CO.O=CO. The number of piperidine rings is 1. The fraction of sp³-hybridized carbons (Fsp3) is 0.647. The molecule has 1 aromatic rings. The summed E-state index contributed by atoms with van der Waals surface area (Å²) in [6, 6.07) is 0. The highest BCUT2D eigenvalue weighted by Crippen LogP contribution is 2.36. The molecule has 0 bridgehead atoms. The van der Waals surface area contributed by atoms with Crippen LogP contribution in [0.1, 0.15) is 37.7 Å². The van der Waals surface area contributed by atoms with Gasteiger partial charge >= 0.3 is 5.97 Å². The summed E-state index contributed by atoms with van der Waals surface area (Å²) in [5.41, 5.74) is 0.0281. The molecular weight excluding hydrogens is 358 g/mol. The Hall–Kier alpha value is -2.46. The molecule has 0 saturated carbocycles. The van der Waals surface area contributed by atoms with Gasteiger partial charge in [0.1, 0.15) is 11.2 Å².